The first-order chi connectivity index (χ1) is 11.6. The summed E-state index contributed by atoms with van der Waals surface area (Å²) in [6, 6.07) is 1.18. The number of hydrogen-bond donors (Lipinski definition) is 2. The molecule has 2 aliphatic rings. The maximum absolute atomic E-state index is 14.3. The third kappa shape index (κ3) is 2.47. The van der Waals surface area contributed by atoms with E-state index in [0.717, 1.165) is 19.3 Å². The van der Waals surface area contributed by atoms with E-state index in [-0.39, 0.29) is 28.4 Å². The minimum absolute atomic E-state index is 0.0829. The lowest BCUT2D eigenvalue weighted by Crippen LogP contribution is -2.36. The molecule has 0 bridgehead atoms. The van der Waals surface area contributed by atoms with E-state index in [1.807, 2.05) is 0 Å². The number of nitrogens with one attached hydrogen (secondary N) is 1. The van der Waals surface area contributed by atoms with E-state index >= 15 is 0 Å². The van der Waals surface area contributed by atoms with E-state index in [9.17, 15) is 13.9 Å². The summed E-state index contributed by atoms with van der Waals surface area (Å²) in [5.74, 6) is -1.98. The first-order valence-corrected chi connectivity index (χ1v) is 7.83. The average Bonchev–Trinajstić information content (AvgIpc) is 3.23. The van der Waals surface area contributed by atoms with Gasteiger partial charge in [-0.2, -0.15) is 4.39 Å². The van der Waals surface area contributed by atoms with Gasteiger partial charge in [0.2, 0.25) is 11.4 Å². The van der Waals surface area contributed by atoms with Gasteiger partial charge in [-0.1, -0.05) is 18.0 Å². The summed E-state index contributed by atoms with van der Waals surface area (Å²) in [5, 5.41) is 17.2. The molecule has 0 spiro atoms. The molecule has 0 unspecified atom stereocenters. The van der Waals surface area contributed by atoms with Crippen molar-refractivity contribution in [1.82, 2.24) is 5.16 Å². The van der Waals surface area contributed by atoms with Gasteiger partial charge in [-0.25, -0.2) is 4.39 Å². The number of fused-ring (bicyclic) bond motifs is 1. The Morgan fingerprint density at radius 1 is 1.12 bits per heavy atom. The van der Waals surface area contributed by atoms with Gasteiger partial charge >= 0.3 is 0 Å². The monoisotopic (exact) mass is 338 g/mol. The number of halogens is 2. The van der Waals surface area contributed by atoms with Crippen LogP contribution >= 0.6 is 0 Å². The second-order valence-electron chi connectivity index (χ2n) is 5.98. The largest absolute Gasteiger partial charge is 0.455 e. The molecule has 1 fully saturated rings. The van der Waals surface area contributed by atoms with E-state index in [0.29, 0.717) is 6.42 Å². The standard InChI is InChI=1S/C16H16F2N2O4/c17-12-8(16-22-5-6-23-16)7-9-14(13(12)18)24-20-15(9)19-10-3-1-2-4-11(10)21/h5-7,10-11,16,21H,1-4H2,(H,19,20)/t10-,11-/m1/s1. The van der Waals surface area contributed by atoms with Crippen LogP contribution in [0.5, 0.6) is 0 Å². The van der Waals surface area contributed by atoms with Crippen molar-refractivity contribution in [2.24, 2.45) is 0 Å². The Balaban J connectivity index is 1.71. The maximum Gasteiger partial charge on any atom is 0.269 e. The van der Waals surface area contributed by atoms with Crippen LogP contribution < -0.4 is 5.32 Å². The highest BCUT2D eigenvalue weighted by Gasteiger charge is 2.29. The molecule has 6 nitrogen and oxygen atoms in total. The zero-order valence-electron chi connectivity index (χ0n) is 12.7. The summed E-state index contributed by atoms with van der Waals surface area (Å²) in [5.41, 5.74) is -0.365. The third-order valence-electron chi connectivity index (χ3n) is 4.44. The molecule has 1 aromatic heterocycles. The van der Waals surface area contributed by atoms with Crippen molar-refractivity contribution in [3.63, 3.8) is 0 Å². The number of aliphatic hydroxyl groups is 1. The number of nitrogens with zero attached hydrogens (tertiary/aromatic N) is 1. The predicted molar refractivity (Wildman–Crippen MR) is 79.9 cm³/mol. The summed E-state index contributed by atoms with van der Waals surface area (Å²) in [7, 11) is 0. The van der Waals surface area contributed by atoms with E-state index in [4.69, 9.17) is 14.0 Å². The molecule has 4 rings (SSSR count). The fourth-order valence-corrected chi connectivity index (χ4v) is 3.15. The topological polar surface area (TPSA) is 76.8 Å². The van der Waals surface area contributed by atoms with Crippen molar-refractivity contribution in [3.8, 4) is 0 Å². The minimum atomic E-state index is -1.15. The van der Waals surface area contributed by atoms with Crippen LogP contribution in [-0.4, -0.2) is 22.4 Å². The van der Waals surface area contributed by atoms with Crippen LogP contribution in [-0.2, 0) is 9.47 Å². The number of aromatic nitrogens is 1. The molecule has 0 saturated heterocycles. The lowest BCUT2D eigenvalue weighted by atomic mass is 9.92. The van der Waals surface area contributed by atoms with Crippen molar-refractivity contribution in [3.05, 3.63) is 35.8 Å². The lowest BCUT2D eigenvalue weighted by Gasteiger charge is -2.28. The highest BCUT2D eigenvalue weighted by molar-refractivity contribution is 5.89. The summed E-state index contributed by atoms with van der Waals surface area (Å²) in [6.07, 6.45) is 4.37. The molecule has 8 heteroatoms. The van der Waals surface area contributed by atoms with Gasteiger partial charge in [0.15, 0.2) is 11.6 Å². The van der Waals surface area contributed by atoms with Crippen LogP contribution in [0.25, 0.3) is 11.0 Å². The molecular weight excluding hydrogens is 322 g/mol. The molecule has 0 amide bonds. The zero-order chi connectivity index (χ0) is 16.7. The van der Waals surface area contributed by atoms with Crippen LogP contribution in [0.3, 0.4) is 0 Å². The summed E-state index contributed by atoms with van der Waals surface area (Å²) < 4.78 is 43.6. The first kappa shape index (κ1) is 15.2. The molecule has 0 radical (unpaired) electrons. The first-order valence-electron chi connectivity index (χ1n) is 7.83. The molecule has 2 atom stereocenters. The Morgan fingerprint density at radius 3 is 2.62 bits per heavy atom. The van der Waals surface area contributed by atoms with Gasteiger partial charge in [-0.05, 0) is 18.9 Å². The van der Waals surface area contributed by atoms with Crippen LogP contribution in [0.2, 0.25) is 0 Å². The fraction of sp³-hybridized carbons (Fsp3) is 0.438. The van der Waals surface area contributed by atoms with E-state index in [1.165, 1.54) is 18.6 Å². The molecular formula is C16H16F2N2O4. The quantitative estimate of drug-likeness (QED) is 0.894. The Labute approximate surface area is 136 Å². The van der Waals surface area contributed by atoms with Gasteiger partial charge in [-0.3, -0.25) is 0 Å². The van der Waals surface area contributed by atoms with Crippen LogP contribution in [0.15, 0.2) is 23.1 Å². The smallest absolute Gasteiger partial charge is 0.269 e. The van der Waals surface area contributed by atoms with Crippen molar-refractivity contribution in [2.45, 2.75) is 44.1 Å². The zero-order valence-corrected chi connectivity index (χ0v) is 12.7. The number of benzene rings is 1. The average molecular weight is 338 g/mol. The van der Waals surface area contributed by atoms with Crippen molar-refractivity contribution in [2.75, 3.05) is 5.32 Å². The van der Waals surface area contributed by atoms with Gasteiger partial charge in [0.1, 0.15) is 12.5 Å². The van der Waals surface area contributed by atoms with E-state index in [2.05, 4.69) is 10.5 Å². The van der Waals surface area contributed by atoms with Gasteiger partial charge in [0, 0.05) is 0 Å². The number of rotatable bonds is 3. The van der Waals surface area contributed by atoms with Crippen LogP contribution in [0.1, 0.15) is 37.5 Å². The Bertz CT molecular complexity index is 784. The highest BCUT2D eigenvalue weighted by Crippen LogP contribution is 2.35. The fourth-order valence-electron chi connectivity index (χ4n) is 3.15. The van der Waals surface area contributed by atoms with Gasteiger partial charge in [0.25, 0.3) is 6.29 Å². The Hall–Kier alpha value is -2.35. The molecule has 1 saturated carbocycles. The summed E-state index contributed by atoms with van der Waals surface area (Å²) in [4.78, 5) is 0. The number of anilines is 1. The number of hydrogen-bond acceptors (Lipinski definition) is 6. The highest BCUT2D eigenvalue weighted by atomic mass is 19.2. The molecule has 1 aromatic carbocycles. The SMILES string of the molecule is O[C@@H]1CCCC[C@H]1Nc1noc2c(F)c(F)c(C3OC=CO3)cc12. The summed E-state index contributed by atoms with van der Waals surface area (Å²) >= 11 is 0. The van der Waals surface area contributed by atoms with Gasteiger partial charge in [-0.15, -0.1) is 0 Å². The van der Waals surface area contributed by atoms with E-state index < -0.39 is 24.0 Å². The molecule has 2 N–H and O–H groups in total. The molecule has 24 heavy (non-hydrogen) atoms. The minimum Gasteiger partial charge on any atom is -0.455 e. The number of aliphatic hydroxyl groups excluding tert-OH is 1. The summed E-state index contributed by atoms with van der Waals surface area (Å²) in [6.45, 7) is 0. The van der Waals surface area contributed by atoms with Crippen LogP contribution in [0.4, 0.5) is 14.6 Å². The number of ether oxygens (including phenoxy) is 2. The van der Waals surface area contributed by atoms with Gasteiger partial charge in [0.05, 0.1) is 23.1 Å². The molecule has 2 heterocycles. The normalized spacial score (nSPS) is 24.1. The van der Waals surface area contributed by atoms with Crippen molar-refractivity contribution in [1.29, 1.82) is 0 Å². The Morgan fingerprint density at radius 2 is 1.88 bits per heavy atom. The van der Waals surface area contributed by atoms with E-state index in [1.54, 1.807) is 0 Å². The second kappa shape index (κ2) is 5.94. The molecule has 1 aliphatic heterocycles. The molecule has 2 aromatic rings. The molecule has 1 aliphatic carbocycles. The Kier molecular flexibility index (Phi) is 3.76. The second-order valence-corrected chi connectivity index (χ2v) is 5.98. The lowest BCUT2D eigenvalue weighted by molar-refractivity contribution is -0.0274. The predicted octanol–water partition coefficient (Wildman–Crippen LogP) is 3.34. The van der Waals surface area contributed by atoms with Crippen LogP contribution in [0, 0.1) is 11.6 Å². The van der Waals surface area contributed by atoms with Crippen molar-refractivity contribution >= 4 is 16.8 Å². The third-order valence-corrected chi connectivity index (χ3v) is 4.44. The van der Waals surface area contributed by atoms with Crippen molar-refractivity contribution < 1.29 is 27.9 Å². The molecule has 128 valence electrons. The maximum atomic E-state index is 14.3. The van der Waals surface area contributed by atoms with Gasteiger partial charge < -0.3 is 24.4 Å².